The van der Waals surface area contributed by atoms with Crippen LogP contribution in [0.5, 0.6) is 17.4 Å². The zero-order valence-electron chi connectivity index (χ0n) is 15.1. The monoisotopic (exact) mass is 403 g/mol. The average molecular weight is 403 g/mol. The average Bonchev–Trinajstić information content (AvgIpc) is 2.71. The molecule has 1 aliphatic rings. The van der Waals surface area contributed by atoms with E-state index in [0.29, 0.717) is 12.4 Å². The van der Waals surface area contributed by atoms with Crippen molar-refractivity contribution in [1.82, 2.24) is 9.55 Å². The number of hydrogen-bond donors (Lipinski definition) is 1. The highest BCUT2D eigenvalue weighted by atomic mass is 19.1. The largest absolute Gasteiger partial charge is 0.473 e. The van der Waals surface area contributed by atoms with E-state index < -0.39 is 28.9 Å². The molecule has 2 aromatic carbocycles. The van der Waals surface area contributed by atoms with Gasteiger partial charge in [-0.2, -0.15) is 4.98 Å². The van der Waals surface area contributed by atoms with Crippen molar-refractivity contribution in [1.29, 1.82) is 0 Å². The van der Waals surface area contributed by atoms with Crippen molar-refractivity contribution in [3.05, 3.63) is 76.0 Å². The van der Waals surface area contributed by atoms with Gasteiger partial charge in [0, 0.05) is 19.2 Å². The molecule has 0 saturated heterocycles. The molecule has 0 bridgehead atoms. The predicted octanol–water partition coefficient (Wildman–Crippen LogP) is 3.85. The van der Waals surface area contributed by atoms with E-state index in [9.17, 15) is 18.0 Å². The normalized spacial score (nSPS) is 12.8. The number of benzene rings is 2. The molecule has 0 saturated carbocycles. The summed E-state index contributed by atoms with van der Waals surface area (Å²) in [7, 11) is 0. The van der Waals surface area contributed by atoms with Crippen LogP contribution in [0.4, 0.5) is 19.0 Å². The summed E-state index contributed by atoms with van der Waals surface area (Å²) in [6, 6.07) is 8.46. The SMILES string of the molecule is O=c1nc(OCc2cc(F)c(Oc3ccc(F)cc3)c(F)c2)cc2n1CCCN2. The number of rotatable bonds is 5. The van der Waals surface area contributed by atoms with Gasteiger partial charge in [-0.15, -0.1) is 0 Å². The second kappa shape index (κ2) is 7.86. The number of fused-ring (bicyclic) bond motifs is 1. The van der Waals surface area contributed by atoms with E-state index in [2.05, 4.69) is 10.3 Å². The fraction of sp³-hybridized carbons (Fsp3) is 0.200. The standard InChI is InChI=1S/C20H16F3N3O3/c21-13-2-4-14(5-3-13)29-19-15(22)8-12(9-16(19)23)11-28-18-10-17-24-6-1-7-26(17)20(27)25-18/h2-5,8-10,24H,1,6-7,11H2. The fourth-order valence-electron chi connectivity index (χ4n) is 2.95. The summed E-state index contributed by atoms with van der Waals surface area (Å²) >= 11 is 0. The van der Waals surface area contributed by atoms with Crippen molar-refractivity contribution in [2.45, 2.75) is 19.6 Å². The lowest BCUT2D eigenvalue weighted by Gasteiger charge is -2.19. The molecule has 1 aromatic heterocycles. The van der Waals surface area contributed by atoms with E-state index in [1.54, 1.807) is 6.07 Å². The molecule has 29 heavy (non-hydrogen) atoms. The van der Waals surface area contributed by atoms with Gasteiger partial charge in [-0.25, -0.2) is 18.0 Å². The number of halogens is 3. The highest BCUT2D eigenvalue weighted by Gasteiger charge is 2.16. The van der Waals surface area contributed by atoms with Gasteiger partial charge in [-0.3, -0.25) is 4.57 Å². The van der Waals surface area contributed by atoms with Gasteiger partial charge in [0.2, 0.25) is 5.88 Å². The molecule has 1 N–H and O–H groups in total. The molecule has 150 valence electrons. The van der Waals surface area contributed by atoms with Crippen LogP contribution < -0.4 is 20.5 Å². The van der Waals surface area contributed by atoms with Crippen LogP contribution in [0.3, 0.4) is 0 Å². The van der Waals surface area contributed by atoms with Crippen molar-refractivity contribution in [3.8, 4) is 17.4 Å². The molecular weight excluding hydrogens is 387 g/mol. The number of aromatic nitrogens is 2. The maximum Gasteiger partial charge on any atom is 0.352 e. The number of nitrogens with zero attached hydrogens (tertiary/aromatic N) is 2. The van der Waals surface area contributed by atoms with Crippen LogP contribution >= 0.6 is 0 Å². The van der Waals surface area contributed by atoms with Crippen molar-refractivity contribution in [2.24, 2.45) is 0 Å². The quantitative estimate of drug-likeness (QED) is 0.701. The number of ether oxygens (including phenoxy) is 2. The summed E-state index contributed by atoms with van der Waals surface area (Å²) in [6.45, 7) is 1.11. The third-order valence-corrected chi connectivity index (χ3v) is 4.33. The minimum atomic E-state index is -0.937. The van der Waals surface area contributed by atoms with E-state index in [4.69, 9.17) is 9.47 Å². The maximum absolute atomic E-state index is 14.3. The van der Waals surface area contributed by atoms with Crippen molar-refractivity contribution >= 4 is 5.82 Å². The smallest absolute Gasteiger partial charge is 0.352 e. The Labute approximate surface area is 163 Å². The third kappa shape index (κ3) is 4.18. The summed E-state index contributed by atoms with van der Waals surface area (Å²) in [5, 5.41) is 3.08. The molecule has 0 radical (unpaired) electrons. The van der Waals surface area contributed by atoms with Gasteiger partial charge < -0.3 is 14.8 Å². The van der Waals surface area contributed by atoms with Crippen molar-refractivity contribution in [3.63, 3.8) is 0 Å². The predicted molar refractivity (Wildman–Crippen MR) is 98.8 cm³/mol. The first-order chi connectivity index (χ1) is 14.0. The third-order valence-electron chi connectivity index (χ3n) is 4.33. The van der Waals surface area contributed by atoms with E-state index in [-0.39, 0.29) is 23.8 Å². The summed E-state index contributed by atoms with van der Waals surface area (Å²) in [5.74, 6) is -2.22. The molecule has 0 spiro atoms. The van der Waals surface area contributed by atoms with Crippen LogP contribution in [-0.2, 0) is 13.2 Å². The second-order valence-corrected chi connectivity index (χ2v) is 6.43. The topological polar surface area (TPSA) is 65.4 Å². The van der Waals surface area contributed by atoms with Gasteiger partial charge >= 0.3 is 5.69 Å². The number of nitrogens with one attached hydrogen (secondary N) is 1. The lowest BCUT2D eigenvalue weighted by atomic mass is 10.2. The molecule has 0 amide bonds. The summed E-state index contributed by atoms with van der Waals surface area (Å²) in [4.78, 5) is 15.8. The van der Waals surface area contributed by atoms with Gasteiger partial charge in [0.05, 0.1) is 0 Å². The Morgan fingerprint density at radius 3 is 2.52 bits per heavy atom. The van der Waals surface area contributed by atoms with Gasteiger partial charge in [-0.1, -0.05) is 0 Å². The van der Waals surface area contributed by atoms with E-state index in [1.807, 2.05) is 0 Å². The summed E-state index contributed by atoms with van der Waals surface area (Å²) in [6.07, 6.45) is 0.819. The maximum atomic E-state index is 14.3. The molecule has 4 rings (SSSR count). The first-order valence-electron chi connectivity index (χ1n) is 8.89. The van der Waals surface area contributed by atoms with E-state index >= 15 is 0 Å². The minimum absolute atomic E-state index is 0.0584. The Balaban J connectivity index is 1.49. The molecule has 2 heterocycles. The fourth-order valence-corrected chi connectivity index (χ4v) is 2.95. The van der Waals surface area contributed by atoms with Crippen molar-refractivity contribution in [2.75, 3.05) is 11.9 Å². The lowest BCUT2D eigenvalue weighted by Crippen LogP contribution is -2.30. The highest BCUT2D eigenvalue weighted by Crippen LogP contribution is 2.29. The van der Waals surface area contributed by atoms with E-state index in [0.717, 1.165) is 37.2 Å². The zero-order valence-corrected chi connectivity index (χ0v) is 15.1. The summed E-state index contributed by atoms with van der Waals surface area (Å²) in [5.41, 5.74) is -0.260. The molecule has 0 unspecified atom stereocenters. The second-order valence-electron chi connectivity index (χ2n) is 6.43. The van der Waals surface area contributed by atoms with Crippen LogP contribution in [0.1, 0.15) is 12.0 Å². The Kier molecular flexibility index (Phi) is 5.11. The molecule has 0 fully saturated rings. The molecule has 0 atom stereocenters. The first-order valence-corrected chi connectivity index (χ1v) is 8.89. The van der Waals surface area contributed by atoms with Gasteiger partial charge in [0.15, 0.2) is 17.4 Å². The summed E-state index contributed by atoms with van der Waals surface area (Å²) < 4.78 is 53.7. The Hall–Kier alpha value is -3.49. The Morgan fingerprint density at radius 1 is 1.07 bits per heavy atom. The van der Waals surface area contributed by atoms with Gasteiger partial charge in [0.1, 0.15) is 24.0 Å². The molecule has 9 heteroatoms. The molecular formula is C20H16F3N3O3. The number of hydrogen-bond acceptors (Lipinski definition) is 5. The zero-order chi connectivity index (χ0) is 20.4. The van der Waals surface area contributed by atoms with Crippen LogP contribution in [0.15, 0.2) is 47.3 Å². The first kappa shape index (κ1) is 18.9. The Morgan fingerprint density at radius 2 is 1.79 bits per heavy atom. The van der Waals surface area contributed by atoms with Gasteiger partial charge in [-0.05, 0) is 48.4 Å². The molecule has 3 aromatic rings. The van der Waals surface area contributed by atoms with Crippen LogP contribution in [0.25, 0.3) is 0 Å². The van der Waals surface area contributed by atoms with Crippen LogP contribution in [0.2, 0.25) is 0 Å². The Bertz CT molecular complexity index is 1080. The van der Waals surface area contributed by atoms with Gasteiger partial charge in [0.25, 0.3) is 0 Å². The molecule has 0 aliphatic carbocycles. The highest BCUT2D eigenvalue weighted by molar-refractivity contribution is 5.40. The van der Waals surface area contributed by atoms with Crippen molar-refractivity contribution < 1.29 is 22.6 Å². The van der Waals surface area contributed by atoms with E-state index in [1.165, 1.54) is 16.7 Å². The minimum Gasteiger partial charge on any atom is -0.473 e. The van der Waals surface area contributed by atoms with Crippen LogP contribution in [0, 0.1) is 17.5 Å². The molecule has 6 nitrogen and oxygen atoms in total. The number of anilines is 1. The van der Waals surface area contributed by atoms with Crippen LogP contribution in [-0.4, -0.2) is 16.1 Å². The lowest BCUT2D eigenvalue weighted by molar-refractivity contribution is 0.288. The molecule has 1 aliphatic heterocycles.